The smallest absolute Gasteiger partial charge is 0.307 e. The summed E-state index contributed by atoms with van der Waals surface area (Å²) in [5, 5.41) is 42.9. The van der Waals surface area contributed by atoms with Crippen LogP contribution in [0.15, 0.2) is 82.6 Å². The van der Waals surface area contributed by atoms with E-state index in [1.807, 2.05) is 55.0 Å². The molecule has 32 heteroatoms. The second kappa shape index (κ2) is 45.2. The molecule has 0 bridgehead atoms. The first kappa shape index (κ1) is 95.9. The van der Waals surface area contributed by atoms with Gasteiger partial charge in [0.25, 0.3) is 16.7 Å². The second-order valence-electron chi connectivity index (χ2n) is 36.0. The van der Waals surface area contributed by atoms with Gasteiger partial charge in [0.2, 0.25) is 11.8 Å². The molecule has 129 heavy (non-hydrogen) atoms. The Morgan fingerprint density at radius 3 is 1.06 bits per heavy atom. The first-order valence-corrected chi connectivity index (χ1v) is 46.6. The maximum Gasteiger partial charge on any atom is 0.307 e. The summed E-state index contributed by atoms with van der Waals surface area (Å²) in [5.74, 6) is -0.368. The summed E-state index contributed by atoms with van der Waals surface area (Å²) in [6.07, 6.45) is 16.5. The Morgan fingerprint density at radius 1 is 0.380 bits per heavy atom. The molecular formula is C97H130N14O18. The number of unbranched alkanes of at least 4 members (excludes halogenated alkanes) is 4. The van der Waals surface area contributed by atoms with Crippen LogP contribution in [0.5, 0.6) is 0 Å². The van der Waals surface area contributed by atoms with Crippen LogP contribution in [-0.4, -0.2) is 218 Å². The number of ether oxygens (including phenoxy) is 3. The molecule has 3 aromatic carbocycles. The number of carbonyl (C=O) groups excluding carboxylic acids is 3. The zero-order valence-corrected chi connectivity index (χ0v) is 75.2. The molecule has 4 saturated heterocycles. The minimum absolute atomic E-state index is 0. The number of piperidine rings is 3. The number of fused-ring (bicyclic) bond motifs is 6. The lowest BCUT2D eigenvalue weighted by atomic mass is 9.91. The predicted octanol–water partition coefficient (Wildman–Crippen LogP) is 13.6. The van der Waals surface area contributed by atoms with E-state index in [9.17, 15) is 43.2 Å². The summed E-state index contributed by atoms with van der Waals surface area (Å²) in [7, 11) is 0. The highest BCUT2D eigenvalue weighted by Crippen LogP contribution is 2.38. The van der Waals surface area contributed by atoms with Crippen LogP contribution in [0, 0.1) is 41.5 Å². The van der Waals surface area contributed by atoms with Gasteiger partial charge in [0.1, 0.15) is 23.9 Å². The van der Waals surface area contributed by atoms with Crippen molar-refractivity contribution in [3.63, 3.8) is 0 Å². The quantitative estimate of drug-likeness (QED) is 0.0254. The van der Waals surface area contributed by atoms with Crippen molar-refractivity contribution in [3.05, 3.63) is 171 Å². The van der Waals surface area contributed by atoms with Crippen LogP contribution in [0.25, 0.3) is 32.9 Å². The van der Waals surface area contributed by atoms with Gasteiger partial charge in [-0.05, 0) is 256 Å². The average molecular weight is 1780 g/mol. The molecule has 3 N–H and O–H groups in total. The number of aromatic nitrogens is 9. The molecular weight excluding hydrogens is 1650 g/mol. The van der Waals surface area contributed by atoms with Crippen molar-refractivity contribution in [1.29, 1.82) is 0 Å². The molecule has 7 aliphatic heterocycles. The number of aliphatic carboxylic acids is 3. The number of amides is 2. The second-order valence-corrected chi connectivity index (χ2v) is 36.0. The van der Waals surface area contributed by atoms with Crippen LogP contribution >= 0.6 is 0 Å². The van der Waals surface area contributed by atoms with E-state index in [2.05, 4.69) is 85.4 Å². The number of aryl methyl sites for hydroxylation is 6. The third kappa shape index (κ3) is 24.5. The number of carboxylic acids is 3. The number of carbonyl (C=O) groups is 6. The number of rotatable bonds is 33. The molecule has 0 aliphatic carbocycles. The van der Waals surface area contributed by atoms with Gasteiger partial charge in [-0.15, -0.1) is 0 Å². The van der Waals surface area contributed by atoms with Gasteiger partial charge < -0.3 is 67.6 Å². The summed E-state index contributed by atoms with van der Waals surface area (Å²) < 4.78 is 40.0. The lowest BCUT2D eigenvalue weighted by Gasteiger charge is -2.35. The van der Waals surface area contributed by atoms with Gasteiger partial charge in [-0.2, -0.15) is 0 Å². The standard InChI is InChI=1S/C38H52N6O7.C30H40N4O5.C28H34N4O6.CH4/c1-26-9-10-30-32(25-26)51-40-36(30)28-13-17-41(18-14-28)19-15-29-27(2)39-37-31(7-6-16-44(37)38(29)49)50-24-5-3-4-8-33(45)42-20-22-43(23-21-42)34(46)11-12-35(47)48;1-20-9-10-24-26(19-20)39-32-28(24)22-11-15-33(16-12-22)17-13-23-21(2)31-29-25(7-6-14-34(29)30(23)37)38-18-5-3-4-8-27(35)36;1-17-5-6-21-23(16-17)38-30-26(21)19-9-13-31(14-10-19)15-11-20-18(2)29-27-22(4-3-12-32(27)28(20)36)37-25(35)8-7-24(33)34;/h9-10,25,28,31H,3-8,11-24H2,1-2H3,(H,47,48);9-10,19,22,25H,3-8,11-18H2,1-2H3,(H,35,36);5-6,16,19,22H,3-4,7-15H2,1-2H3,(H,33,34);1H4. The molecule has 6 aromatic heterocycles. The zero-order valence-electron chi connectivity index (χ0n) is 75.2. The highest BCUT2D eigenvalue weighted by molar-refractivity contribution is 5.84. The van der Waals surface area contributed by atoms with Gasteiger partial charge in [0.15, 0.2) is 28.7 Å². The Balaban J connectivity index is 0.000000167. The Hall–Kier alpha value is -10.7. The fraction of sp³-hybridized carbons (Fsp3) is 0.598. The van der Waals surface area contributed by atoms with Gasteiger partial charge in [-0.25, -0.2) is 15.0 Å². The Bertz CT molecular complexity index is 5580. The van der Waals surface area contributed by atoms with Crippen LogP contribution in [0.4, 0.5) is 0 Å². The number of esters is 1. The number of likely N-dealkylation sites (tertiary alicyclic amines) is 3. The molecule has 3 atom stereocenters. The van der Waals surface area contributed by atoms with E-state index in [4.69, 9.17) is 53.1 Å². The van der Waals surface area contributed by atoms with Gasteiger partial charge in [0, 0.05) is 166 Å². The van der Waals surface area contributed by atoms with Crippen molar-refractivity contribution in [2.75, 3.05) is 98.3 Å². The van der Waals surface area contributed by atoms with E-state index in [1.165, 1.54) is 11.1 Å². The minimum Gasteiger partial charge on any atom is -0.481 e. The molecule has 3 unspecified atom stereocenters. The summed E-state index contributed by atoms with van der Waals surface area (Å²) in [5.41, 5.74) is 13.9. The van der Waals surface area contributed by atoms with Crippen LogP contribution in [-0.2, 0) is 81.9 Å². The highest BCUT2D eigenvalue weighted by Gasteiger charge is 2.35. The van der Waals surface area contributed by atoms with Crippen molar-refractivity contribution in [3.8, 4) is 0 Å². The van der Waals surface area contributed by atoms with E-state index in [1.54, 1.807) is 14.4 Å². The van der Waals surface area contributed by atoms with E-state index in [0.29, 0.717) is 139 Å². The van der Waals surface area contributed by atoms with Crippen molar-refractivity contribution in [1.82, 2.24) is 68.6 Å². The molecule has 0 spiro atoms. The molecule has 9 aromatic rings. The van der Waals surface area contributed by atoms with Crippen LogP contribution in [0.1, 0.15) is 283 Å². The van der Waals surface area contributed by atoms with E-state index >= 15 is 0 Å². The number of nitrogens with zero attached hydrogens (tertiary/aromatic N) is 14. The van der Waals surface area contributed by atoms with E-state index in [0.717, 1.165) is 245 Å². The Labute approximate surface area is 752 Å². The third-order valence-corrected chi connectivity index (χ3v) is 26.9. The van der Waals surface area contributed by atoms with Crippen molar-refractivity contribution in [2.24, 2.45) is 0 Å². The van der Waals surface area contributed by atoms with Gasteiger partial charge in [-0.1, -0.05) is 53.9 Å². The number of piperazine rings is 1. The fourth-order valence-electron chi connectivity index (χ4n) is 19.4. The Morgan fingerprint density at radius 2 is 0.705 bits per heavy atom. The minimum atomic E-state index is -1.05. The number of hydrogen-bond donors (Lipinski definition) is 3. The normalized spacial score (nSPS) is 18.4. The van der Waals surface area contributed by atoms with Crippen LogP contribution in [0.2, 0.25) is 0 Å². The molecule has 7 aliphatic rings. The van der Waals surface area contributed by atoms with E-state index < -0.39 is 30.0 Å². The van der Waals surface area contributed by atoms with Gasteiger partial charge in [0.05, 0.1) is 36.3 Å². The lowest BCUT2D eigenvalue weighted by Crippen LogP contribution is -2.50. The molecule has 4 fully saturated rings. The third-order valence-electron chi connectivity index (χ3n) is 26.9. The van der Waals surface area contributed by atoms with Crippen molar-refractivity contribution >= 4 is 68.6 Å². The average Bonchev–Trinajstić information content (AvgIpc) is 1.77. The maximum absolute atomic E-state index is 13.7. The van der Waals surface area contributed by atoms with Crippen LogP contribution < -0.4 is 16.7 Å². The predicted molar refractivity (Wildman–Crippen MR) is 484 cm³/mol. The molecule has 2 amide bonds. The highest BCUT2D eigenvalue weighted by atomic mass is 16.5. The summed E-state index contributed by atoms with van der Waals surface area (Å²) in [6, 6.07) is 18.8. The zero-order chi connectivity index (χ0) is 90.1. The SMILES string of the molecule is C.Cc1ccc2c(C3CCN(CCc4c(C)nc5n(c4=O)CCCC5OC(=O)CCC(=O)O)CC3)noc2c1.Cc1ccc2c(C3CCN(CCc4c(C)nc5n(c4=O)CCCC5OCCCCCC(=O)N4CCN(C(=O)CCC(=O)O)CC4)CC3)noc2c1.Cc1ccc2c(C3CCN(CCc4c(C)nc5n(c4=O)CCCC5OCCCCCC(=O)O)CC3)noc2c1. The Kier molecular flexibility index (Phi) is 33.6. The molecule has 696 valence electrons. The number of hydrogen-bond acceptors (Lipinski definition) is 24. The molecule has 13 heterocycles. The van der Waals surface area contributed by atoms with Crippen LogP contribution in [0.3, 0.4) is 0 Å². The maximum atomic E-state index is 13.7. The number of carboxylic acid groups (broad SMARTS) is 3. The van der Waals surface area contributed by atoms with Crippen molar-refractivity contribution in [2.45, 2.75) is 278 Å². The fourth-order valence-corrected chi connectivity index (χ4v) is 19.4. The monoisotopic (exact) mass is 1780 g/mol. The first-order valence-electron chi connectivity index (χ1n) is 46.6. The largest absolute Gasteiger partial charge is 0.481 e. The number of benzene rings is 3. The lowest BCUT2D eigenvalue weighted by molar-refractivity contribution is -0.153. The topological polar surface area (TPSA) is 390 Å². The summed E-state index contributed by atoms with van der Waals surface area (Å²) >= 11 is 0. The molecule has 32 nitrogen and oxygen atoms in total. The summed E-state index contributed by atoms with van der Waals surface area (Å²) in [6.45, 7) is 24.9. The van der Waals surface area contributed by atoms with Gasteiger partial charge >= 0.3 is 23.9 Å². The van der Waals surface area contributed by atoms with Crippen molar-refractivity contribution < 1.29 is 71.9 Å². The molecule has 16 rings (SSSR count). The first-order chi connectivity index (χ1) is 61.9. The van der Waals surface area contributed by atoms with Gasteiger partial charge in [-0.3, -0.25) is 56.9 Å². The molecule has 0 radical (unpaired) electrons. The summed E-state index contributed by atoms with van der Waals surface area (Å²) in [4.78, 5) is 135. The molecule has 0 saturated carbocycles. The van der Waals surface area contributed by atoms with E-state index in [-0.39, 0.29) is 80.2 Å².